The SMILES string of the molecule is COc1ccc(NC(=O)CN2C(=O)S/C(=C/c3cc4c(cc3F)N(C)C(C)(C)C=C4C)C2=O)cc1. The predicted molar refractivity (Wildman–Crippen MR) is 137 cm³/mol. The molecule has 9 heteroatoms. The minimum atomic E-state index is -0.632. The molecular weight excluding hydrogens is 469 g/mol. The van der Waals surface area contributed by atoms with Crippen LogP contribution >= 0.6 is 11.8 Å². The van der Waals surface area contributed by atoms with Crippen LogP contribution in [0, 0.1) is 5.82 Å². The van der Waals surface area contributed by atoms with Gasteiger partial charge in [0, 0.05) is 29.5 Å². The topological polar surface area (TPSA) is 79.0 Å². The van der Waals surface area contributed by atoms with Crippen molar-refractivity contribution in [1.82, 2.24) is 4.90 Å². The highest BCUT2D eigenvalue weighted by Gasteiger charge is 2.37. The van der Waals surface area contributed by atoms with Crippen molar-refractivity contribution < 1.29 is 23.5 Å². The molecule has 2 aliphatic heterocycles. The van der Waals surface area contributed by atoms with Gasteiger partial charge in [-0.25, -0.2) is 4.39 Å². The molecule has 1 fully saturated rings. The lowest BCUT2D eigenvalue weighted by Crippen LogP contribution is -2.42. The Hall–Kier alpha value is -3.59. The fourth-order valence-electron chi connectivity index (χ4n) is 4.09. The van der Waals surface area contributed by atoms with Crippen LogP contribution in [0.2, 0.25) is 0 Å². The Balaban J connectivity index is 1.53. The first-order valence-corrected chi connectivity index (χ1v) is 11.8. The van der Waals surface area contributed by atoms with Gasteiger partial charge in [-0.2, -0.15) is 0 Å². The van der Waals surface area contributed by atoms with Gasteiger partial charge in [0.1, 0.15) is 18.1 Å². The van der Waals surface area contributed by atoms with Crippen LogP contribution in [0.3, 0.4) is 0 Å². The van der Waals surface area contributed by atoms with E-state index < -0.39 is 29.4 Å². The fourth-order valence-corrected chi connectivity index (χ4v) is 4.92. The molecule has 0 spiro atoms. The first-order valence-electron chi connectivity index (χ1n) is 11.0. The second-order valence-corrected chi connectivity index (χ2v) is 9.97. The molecule has 3 amide bonds. The first-order chi connectivity index (χ1) is 16.5. The normalized spacial score (nSPS) is 18.0. The zero-order chi connectivity index (χ0) is 25.5. The van der Waals surface area contributed by atoms with Crippen molar-refractivity contribution >= 4 is 51.8 Å². The number of nitrogens with one attached hydrogen (secondary N) is 1. The number of fused-ring (bicyclic) bond motifs is 1. The number of allylic oxidation sites excluding steroid dienone is 1. The molecule has 1 N–H and O–H groups in total. The third-order valence-corrected chi connectivity index (χ3v) is 7.08. The number of carbonyl (C=O) groups is 3. The van der Waals surface area contributed by atoms with Crippen LogP contribution in [0.4, 0.5) is 20.6 Å². The summed E-state index contributed by atoms with van der Waals surface area (Å²) >= 11 is 0.687. The minimum absolute atomic E-state index is 0.0669. The van der Waals surface area contributed by atoms with E-state index in [0.29, 0.717) is 23.2 Å². The highest BCUT2D eigenvalue weighted by Crippen LogP contribution is 2.40. The molecule has 7 nitrogen and oxygen atoms in total. The quantitative estimate of drug-likeness (QED) is 0.579. The number of hydrogen-bond donors (Lipinski definition) is 1. The molecule has 35 heavy (non-hydrogen) atoms. The van der Waals surface area contributed by atoms with Crippen LogP contribution in [0.1, 0.15) is 31.9 Å². The van der Waals surface area contributed by atoms with Crippen molar-refractivity contribution in [1.29, 1.82) is 0 Å². The summed E-state index contributed by atoms with van der Waals surface area (Å²) in [6.07, 6.45) is 3.47. The van der Waals surface area contributed by atoms with Crippen LogP contribution in [0.15, 0.2) is 47.4 Å². The Morgan fingerprint density at radius 2 is 1.89 bits per heavy atom. The molecule has 0 bridgehead atoms. The monoisotopic (exact) mass is 495 g/mol. The molecule has 0 unspecified atom stereocenters. The molecule has 4 rings (SSSR count). The number of ether oxygens (including phenoxy) is 1. The Bertz CT molecular complexity index is 1280. The maximum absolute atomic E-state index is 15.0. The summed E-state index contributed by atoms with van der Waals surface area (Å²) in [5.41, 5.74) is 3.07. The second-order valence-electron chi connectivity index (χ2n) is 8.98. The Morgan fingerprint density at radius 3 is 2.54 bits per heavy atom. The van der Waals surface area contributed by atoms with E-state index in [9.17, 15) is 14.4 Å². The van der Waals surface area contributed by atoms with Gasteiger partial charge in [-0.05, 0) is 80.6 Å². The maximum Gasteiger partial charge on any atom is 0.294 e. The highest BCUT2D eigenvalue weighted by molar-refractivity contribution is 8.18. The van der Waals surface area contributed by atoms with E-state index in [1.54, 1.807) is 30.3 Å². The summed E-state index contributed by atoms with van der Waals surface area (Å²) in [6.45, 7) is 5.62. The van der Waals surface area contributed by atoms with Crippen molar-refractivity contribution in [3.63, 3.8) is 0 Å². The lowest BCUT2D eigenvalue weighted by molar-refractivity contribution is -0.127. The average molecular weight is 496 g/mol. The average Bonchev–Trinajstić information content (AvgIpc) is 3.06. The predicted octanol–water partition coefficient (Wildman–Crippen LogP) is 5.14. The lowest BCUT2D eigenvalue weighted by Gasteiger charge is -2.40. The number of imide groups is 1. The van der Waals surface area contributed by atoms with E-state index in [1.165, 1.54) is 19.3 Å². The van der Waals surface area contributed by atoms with E-state index in [4.69, 9.17) is 4.74 Å². The van der Waals surface area contributed by atoms with Gasteiger partial charge >= 0.3 is 0 Å². The molecule has 1 saturated heterocycles. The number of halogens is 1. The molecule has 0 atom stereocenters. The zero-order valence-electron chi connectivity index (χ0n) is 20.1. The van der Waals surface area contributed by atoms with Crippen molar-refractivity contribution in [2.45, 2.75) is 26.3 Å². The molecule has 0 aliphatic carbocycles. The molecule has 182 valence electrons. The summed E-state index contributed by atoms with van der Waals surface area (Å²) in [7, 11) is 3.44. The van der Waals surface area contributed by atoms with Gasteiger partial charge in [-0.1, -0.05) is 6.08 Å². The zero-order valence-corrected chi connectivity index (χ0v) is 21.0. The third-order valence-electron chi connectivity index (χ3n) is 6.17. The highest BCUT2D eigenvalue weighted by atomic mass is 32.2. The number of anilines is 2. The summed E-state index contributed by atoms with van der Waals surface area (Å²) in [5, 5.41) is 2.06. The van der Waals surface area contributed by atoms with Crippen LogP contribution < -0.4 is 15.0 Å². The Morgan fingerprint density at radius 1 is 1.20 bits per heavy atom. The summed E-state index contributed by atoms with van der Waals surface area (Å²) in [5.74, 6) is -1.02. The summed E-state index contributed by atoms with van der Waals surface area (Å²) in [6, 6.07) is 9.80. The smallest absolute Gasteiger partial charge is 0.294 e. The van der Waals surface area contributed by atoms with E-state index in [2.05, 4.69) is 11.4 Å². The van der Waals surface area contributed by atoms with Gasteiger partial charge in [0.05, 0.1) is 17.6 Å². The van der Waals surface area contributed by atoms with Crippen LogP contribution in [-0.2, 0) is 9.59 Å². The minimum Gasteiger partial charge on any atom is -0.497 e. The van der Waals surface area contributed by atoms with Gasteiger partial charge < -0.3 is 15.0 Å². The molecule has 2 aliphatic rings. The molecule has 0 aromatic heterocycles. The third kappa shape index (κ3) is 4.81. The molecule has 2 aromatic rings. The number of methoxy groups -OCH3 is 1. The number of likely N-dealkylation sites (N-methyl/N-ethyl adjacent to an activating group) is 1. The molecule has 2 heterocycles. The van der Waals surface area contributed by atoms with Gasteiger partial charge in [0.25, 0.3) is 11.1 Å². The summed E-state index contributed by atoms with van der Waals surface area (Å²) < 4.78 is 20.1. The maximum atomic E-state index is 15.0. The van der Waals surface area contributed by atoms with Crippen molar-refractivity contribution in [3.05, 3.63) is 64.3 Å². The summed E-state index contributed by atoms with van der Waals surface area (Å²) in [4.78, 5) is 40.7. The number of thioether (sulfide) groups is 1. The number of hydrogen-bond acceptors (Lipinski definition) is 6. The first kappa shape index (κ1) is 24.5. The standard InChI is InChI=1S/C26H26FN3O4S/c1-15-13-26(2,3)29(4)21-12-20(27)16(10-19(15)21)11-22-24(32)30(25(33)35-22)14-23(31)28-17-6-8-18(34-5)9-7-17/h6-13H,14H2,1-5H3,(H,28,31)/b22-11+. The molecule has 0 saturated carbocycles. The Labute approximate surface area is 207 Å². The van der Waals surface area contributed by atoms with E-state index in [1.807, 2.05) is 32.7 Å². The lowest BCUT2D eigenvalue weighted by atomic mass is 9.88. The molecule has 2 aromatic carbocycles. The largest absolute Gasteiger partial charge is 0.497 e. The van der Waals surface area contributed by atoms with E-state index in [-0.39, 0.29) is 16.0 Å². The van der Waals surface area contributed by atoms with E-state index in [0.717, 1.165) is 21.7 Å². The van der Waals surface area contributed by atoms with E-state index >= 15 is 4.39 Å². The molecular formula is C26H26FN3O4S. The van der Waals surface area contributed by atoms with Gasteiger partial charge in [0.15, 0.2) is 0 Å². The Kier molecular flexibility index (Phi) is 6.46. The van der Waals surface area contributed by atoms with Crippen LogP contribution in [0.25, 0.3) is 11.6 Å². The van der Waals surface area contributed by atoms with Crippen molar-refractivity contribution in [2.75, 3.05) is 30.9 Å². The number of rotatable bonds is 5. The van der Waals surface area contributed by atoms with Crippen LogP contribution in [-0.4, -0.2) is 48.2 Å². The van der Waals surface area contributed by atoms with Crippen molar-refractivity contribution in [2.24, 2.45) is 0 Å². The number of benzene rings is 2. The number of carbonyl (C=O) groups excluding carboxylic acids is 3. The molecule has 0 radical (unpaired) electrons. The fraction of sp³-hybridized carbons (Fsp3) is 0.269. The second kappa shape index (κ2) is 9.22. The number of nitrogens with zero attached hydrogens (tertiary/aromatic N) is 2. The van der Waals surface area contributed by atoms with Gasteiger partial charge in [-0.15, -0.1) is 0 Å². The van der Waals surface area contributed by atoms with Crippen LogP contribution in [0.5, 0.6) is 5.75 Å². The van der Waals surface area contributed by atoms with Crippen molar-refractivity contribution in [3.8, 4) is 5.75 Å². The van der Waals surface area contributed by atoms with Gasteiger partial charge in [0.2, 0.25) is 5.91 Å². The van der Waals surface area contributed by atoms with Gasteiger partial charge in [-0.3, -0.25) is 19.3 Å². The number of amides is 3.